The monoisotopic (exact) mass is 159 g/mol. The molecular weight excluding hydrogens is 138 g/mol. The van der Waals surface area contributed by atoms with Crippen LogP contribution in [0, 0.1) is 5.92 Å². The lowest BCUT2D eigenvalue weighted by Crippen LogP contribution is -2.17. The summed E-state index contributed by atoms with van der Waals surface area (Å²) in [7, 11) is 0. The molecule has 0 saturated carbocycles. The van der Waals surface area contributed by atoms with E-state index in [4.69, 9.17) is 4.74 Å². The van der Waals surface area contributed by atoms with Crippen LogP contribution in [-0.2, 0) is 4.74 Å². The molecule has 0 radical (unpaired) electrons. The van der Waals surface area contributed by atoms with Crippen molar-refractivity contribution in [3.8, 4) is 0 Å². The Balaban J connectivity index is 0.000000187. The molecule has 1 saturated heterocycles. The minimum atomic E-state index is 0.296. The Morgan fingerprint density at radius 3 is 2.18 bits per heavy atom. The van der Waals surface area contributed by atoms with Crippen LogP contribution in [0.25, 0.3) is 0 Å². The van der Waals surface area contributed by atoms with Crippen LogP contribution in [-0.4, -0.2) is 19.4 Å². The van der Waals surface area contributed by atoms with Crippen LogP contribution in [0.3, 0.4) is 0 Å². The molecule has 0 amide bonds. The van der Waals surface area contributed by atoms with Crippen molar-refractivity contribution in [3.63, 3.8) is 0 Å². The Hall–Kier alpha value is -0.0800. The molecule has 0 aliphatic carbocycles. The predicted octanol–water partition coefficient (Wildman–Crippen LogP) is 2.00. The summed E-state index contributed by atoms with van der Waals surface area (Å²) >= 11 is 0. The van der Waals surface area contributed by atoms with Crippen molar-refractivity contribution in [1.29, 1.82) is 0 Å². The lowest BCUT2D eigenvalue weighted by molar-refractivity contribution is 0.116. The second-order valence-electron chi connectivity index (χ2n) is 3.27. The SMILES string of the molecule is CC1NCCO1.CCC(C)C. The zero-order valence-electron chi connectivity index (χ0n) is 8.18. The fourth-order valence-electron chi connectivity index (χ4n) is 0.557. The van der Waals surface area contributed by atoms with Crippen LogP contribution in [0.1, 0.15) is 34.1 Å². The normalized spacial score (nSPS) is 23.2. The van der Waals surface area contributed by atoms with Gasteiger partial charge in [-0.1, -0.05) is 27.2 Å². The maximum atomic E-state index is 5.04. The van der Waals surface area contributed by atoms with Crippen LogP contribution in [0.4, 0.5) is 0 Å². The first-order valence-electron chi connectivity index (χ1n) is 4.51. The van der Waals surface area contributed by atoms with E-state index in [0.29, 0.717) is 6.23 Å². The van der Waals surface area contributed by atoms with Crippen LogP contribution < -0.4 is 5.32 Å². The molecule has 0 spiro atoms. The molecule has 11 heavy (non-hydrogen) atoms. The van der Waals surface area contributed by atoms with Crippen LogP contribution >= 0.6 is 0 Å². The Morgan fingerprint density at radius 1 is 1.55 bits per heavy atom. The zero-order valence-corrected chi connectivity index (χ0v) is 8.18. The summed E-state index contributed by atoms with van der Waals surface area (Å²) in [6, 6.07) is 0. The summed E-state index contributed by atoms with van der Waals surface area (Å²) in [5.74, 6) is 0.884. The molecule has 1 N–H and O–H groups in total. The van der Waals surface area contributed by atoms with Crippen molar-refractivity contribution < 1.29 is 4.74 Å². The van der Waals surface area contributed by atoms with E-state index in [1.165, 1.54) is 6.42 Å². The first-order valence-corrected chi connectivity index (χ1v) is 4.51. The molecule has 0 aromatic rings. The standard InChI is InChI=1S/C5H12.C4H9NO/c1-4-5(2)3;1-4-5-2-3-6-4/h5H,4H2,1-3H3;4-5H,2-3H2,1H3. The maximum absolute atomic E-state index is 5.04. The predicted molar refractivity (Wildman–Crippen MR) is 48.5 cm³/mol. The lowest BCUT2D eigenvalue weighted by atomic mass is 10.2. The molecule has 1 aliphatic rings. The number of nitrogens with one attached hydrogen (secondary N) is 1. The van der Waals surface area contributed by atoms with Crippen molar-refractivity contribution in [2.75, 3.05) is 13.2 Å². The van der Waals surface area contributed by atoms with Crippen LogP contribution in [0.5, 0.6) is 0 Å². The topological polar surface area (TPSA) is 21.3 Å². The van der Waals surface area contributed by atoms with Crippen molar-refractivity contribution >= 4 is 0 Å². The van der Waals surface area contributed by atoms with Crippen molar-refractivity contribution in [2.45, 2.75) is 40.3 Å². The van der Waals surface area contributed by atoms with E-state index in [2.05, 4.69) is 26.1 Å². The van der Waals surface area contributed by atoms with Gasteiger partial charge in [-0.05, 0) is 12.8 Å². The molecule has 1 unspecified atom stereocenters. The van der Waals surface area contributed by atoms with E-state index < -0.39 is 0 Å². The van der Waals surface area contributed by atoms with Crippen molar-refractivity contribution in [2.24, 2.45) is 5.92 Å². The van der Waals surface area contributed by atoms with Gasteiger partial charge in [-0.3, -0.25) is 5.32 Å². The molecule has 1 fully saturated rings. The fourth-order valence-corrected chi connectivity index (χ4v) is 0.557. The molecule has 0 aromatic carbocycles. The van der Waals surface area contributed by atoms with Crippen LogP contribution in [0.15, 0.2) is 0 Å². The fraction of sp³-hybridized carbons (Fsp3) is 1.00. The van der Waals surface area contributed by atoms with Gasteiger partial charge in [-0.25, -0.2) is 0 Å². The largest absolute Gasteiger partial charge is 0.362 e. The van der Waals surface area contributed by atoms with E-state index in [1.807, 2.05) is 6.92 Å². The van der Waals surface area contributed by atoms with Gasteiger partial charge in [0, 0.05) is 6.54 Å². The summed E-state index contributed by atoms with van der Waals surface area (Å²) in [6.07, 6.45) is 1.60. The van der Waals surface area contributed by atoms with Gasteiger partial charge in [0.15, 0.2) is 0 Å². The summed E-state index contributed by atoms with van der Waals surface area (Å²) in [6.45, 7) is 10.5. The third kappa shape index (κ3) is 7.82. The number of rotatable bonds is 1. The van der Waals surface area contributed by atoms with Crippen LogP contribution in [0.2, 0.25) is 0 Å². The van der Waals surface area contributed by atoms with Crippen molar-refractivity contribution in [3.05, 3.63) is 0 Å². The third-order valence-electron chi connectivity index (χ3n) is 1.72. The highest BCUT2D eigenvalue weighted by atomic mass is 16.5. The summed E-state index contributed by atoms with van der Waals surface area (Å²) < 4.78 is 5.04. The quantitative estimate of drug-likeness (QED) is 0.632. The van der Waals surface area contributed by atoms with Gasteiger partial charge in [-0.15, -0.1) is 0 Å². The van der Waals surface area contributed by atoms with E-state index in [9.17, 15) is 0 Å². The average Bonchev–Trinajstić information content (AvgIpc) is 2.41. The lowest BCUT2D eigenvalue weighted by Gasteiger charge is -1.96. The van der Waals surface area contributed by atoms with E-state index in [-0.39, 0.29) is 0 Å². The molecule has 0 bridgehead atoms. The minimum absolute atomic E-state index is 0.296. The highest BCUT2D eigenvalue weighted by Crippen LogP contribution is 1.93. The number of hydrogen-bond acceptors (Lipinski definition) is 2. The second-order valence-corrected chi connectivity index (χ2v) is 3.27. The third-order valence-corrected chi connectivity index (χ3v) is 1.72. The Labute approximate surface area is 70.3 Å². The molecule has 68 valence electrons. The summed E-state index contributed by atoms with van der Waals surface area (Å²) in [4.78, 5) is 0. The smallest absolute Gasteiger partial charge is 0.105 e. The number of hydrogen-bond donors (Lipinski definition) is 1. The van der Waals surface area contributed by atoms with E-state index in [1.54, 1.807) is 0 Å². The molecule has 1 aliphatic heterocycles. The van der Waals surface area contributed by atoms with Gasteiger partial charge in [0.05, 0.1) is 6.61 Å². The van der Waals surface area contributed by atoms with Crippen molar-refractivity contribution in [1.82, 2.24) is 5.32 Å². The molecular formula is C9H21NO. The van der Waals surface area contributed by atoms with E-state index in [0.717, 1.165) is 19.1 Å². The molecule has 1 heterocycles. The van der Waals surface area contributed by atoms with Gasteiger partial charge in [-0.2, -0.15) is 0 Å². The Morgan fingerprint density at radius 2 is 2.09 bits per heavy atom. The van der Waals surface area contributed by atoms with E-state index >= 15 is 0 Å². The summed E-state index contributed by atoms with van der Waals surface area (Å²) in [5.41, 5.74) is 0. The van der Waals surface area contributed by atoms with Gasteiger partial charge < -0.3 is 4.74 Å². The highest BCUT2D eigenvalue weighted by molar-refractivity contribution is 4.54. The zero-order chi connectivity index (χ0) is 8.69. The average molecular weight is 159 g/mol. The van der Waals surface area contributed by atoms with Gasteiger partial charge >= 0.3 is 0 Å². The highest BCUT2D eigenvalue weighted by Gasteiger charge is 2.05. The Kier molecular flexibility index (Phi) is 6.57. The number of ether oxygens (including phenoxy) is 1. The molecule has 2 heteroatoms. The first kappa shape index (κ1) is 10.9. The molecule has 1 rings (SSSR count). The molecule has 2 nitrogen and oxygen atoms in total. The minimum Gasteiger partial charge on any atom is -0.362 e. The summed E-state index contributed by atoms with van der Waals surface area (Å²) in [5, 5.41) is 3.10. The second kappa shape index (κ2) is 6.62. The maximum Gasteiger partial charge on any atom is 0.105 e. The molecule has 0 aromatic heterocycles. The molecule has 1 atom stereocenters. The van der Waals surface area contributed by atoms with Gasteiger partial charge in [0.25, 0.3) is 0 Å². The first-order chi connectivity index (χ1) is 5.16. The van der Waals surface area contributed by atoms with Gasteiger partial charge in [0.1, 0.15) is 6.23 Å². The van der Waals surface area contributed by atoms with Gasteiger partial charge in [0.2, 0.25) is 0 Å². The Bertz CT molecular complexity index is 77.6.